The lowest BCUT2D eigenvalue weighted by atomic mass is 9.94. The van der Waals surface area contributed by atoms with Gasteiger partial charge in [-0.25, -0.2) is 9.37 Å². The minimum Gasteiger partial charge on any atom is -0.334 e. The third-order valence-electron chi connectivity index (χ3n) is 4.83. The number of carbonyl (C=O) groups is 2. The average Bonchev–Trinajstić information content (AvgIpc) is 3.12. The zero-order chi connectivity index (χ0) is 19.5. The number of nitrogens with one attached hydrogen (secondary N) is 1. The number of aromatic nitrogens is 4. The maximum atomic E-state index is 12.9. The molecular formula is C19H19FN6O2. The van der Waals surface area contributed by atoms with E-state index in [1.54, 1.807) is 4.90 Å². The van der Waals surface area contributed by atoms with Crippen LogP contribution in [0.25, 0.3) is 5.65 Å². The molecule has 1 aliphatic heterocycles. The van der Waals surface area contributed by atoms with Crippen LogP contribution in [0.1, 0.15) is 18.7 Å². The Bertz CT molecular complexity index is 1000. The van der Waals surface area contributed by atoms with Crippen molar-refractivity contribution in [1.82, 2.24) is 24.5 Å². The molecule has 9 heteroatoms. The van der Waals surface area contributed by atoms with E-state index in [0.717, 1.165) is 30.5 Å². The molecule has 8 nitrogen and oxygen atoms in total. The average molecular weight is 382 g/mol. The number of hydrogen-bond acceptors (Lipinski definition) is 5. The Kier molecular flexibility index (Phi) is 4.96. The van der Waals surface area contributed by atoms with Gasteiger partial charge in [0.15, 0.2) is 5.65 Å². The molecule has 0 aliphatic carbocycles. The van der Waals surface area contributed by atoms with Gasteiger partial charge in [0.05, 0.1) is 6.20 Å². The number of pyridine rings is 2. The van der Waals surface area contributed by atoms with Crippen LogP contribution in [0, 0.1) is 11.7 Å². The zero-order valence-corrected chi connectivity index (χ0v) is 15.1. The SMILES string of the molecule is O=C(Nc1ccc(F)cn1)C(=O)N1CCCC(Cc2nnc3ccccn23)C1. The van der Waals surface area contributed by atoms with E-state index in [9.17, 15) is 14.0 Å². The van der Waals surface area contributed by atoms with Crippen LogP contribution in [-0.4, -0.2) is 49.4 Å². The molecule has 0 bridgehead atoms. The topological polar surface area (TPSA) is 92.5 Å². The molecule has 3 aromatic rings. The number of halogens is 1. The number of fused-ring (bicyclic) bond motifs is 1. The molecule has 2 amide bonds. The molecular weight excluding hydrogens is 363 g/mol. The van der Waals surface area contributed by atoms with Crippen molar-refractivity contribution in [2.75, 3.05) is 18.4 Å². The minimum absolute atomic E-state index is 0.142. The van der Waals surface area contributed by atoms with Gasteiger partial charge in [-0.15, -0.1) is 10.2 Å². The molecule has 0 saturated carbocycles. The van der Waals surface area contributed by atoms with Gasteiger partial charge in [0.1, 0.15) is 17.5 Å². The van der Waals surface area contributed by atoms with E-state index < -0.39 is 17.6 Å². The number of hydrogen-bond donors (Lipinski definition) is 1. The number of nitrogens with zero attached hydrogens (tertiary/aromatic N) is 5. The second kappa shape index (κ2) is 7.71. The van der Waals surface area contributed by atoms with Gasteiger partial charge < -0.3 is 10.2 Å². The van der Waals surface area contributed by atoms with Gasteiger partial charge >= 0.3 is 11.8 Å². The monoisotopic (exact) mass is 382 g/mol. The lowest BCUT2D eigenvalue weighted by Gasteiger charge is -2.32. The summed E-state index contributed by atoms with van der Waals surface area (Å²) >= 11 is 0. The fourth-order valence-electron chi connectivity index (χ4n) is 3.47. The summed E-state index contributed by atoms with van der Waals surface area (Å²) in [5, 5.41) is 10.8. The molecule has 1 aliphatic rings. The quantitative estimate of drug-likeness (QED) is 0.696. The maximum absolute atomic E-state index is 12.9. The highest BCUT2D eigenvalue weighted by Gasteiger charge is 2.29. The maximum Gasteiger partial charge on any atom is 0.315 e. The second-order valence-electron chi connectivity index (χ2n) is 6.82. The van der Waals surface area contributed by atoms with E-state index >= 15 is 0 Å². The van der Waals surface area contributed by atoms with Crippen LogP contribution in [0.4, 0.5) is 10.2 Å². The minimum atomic E-state index is -0.771. The van der Waals surface area contributed by atoms with Crippen molar-refractivity contribution in [3.8, 4) is 0 Å². The van der Waals surface area contributed by atoms with Gasteiger partial charge in [-0.3, -0.25) is 14.0 Å². The molecule has 1 atom stereocenters. The lowest BCUT2D eigenvalue weighted by molar-refractivity contribution is -0.144. The normalized spacial score (nSPS) is 16.9. The summed E-state index contributed by atoms with van der Waals surface area (Å²) in [6, 6.07) is 8.21. The van der Waals surface area contributed by atoms with Crippen LogP contribution in [0.3, 0.4) is 0 Å². The van der Waals surface area contributed by atoms with Gasteiger partial charge in [-0.05, 0) is 43.0 Å². The summed E-state index contributed by atoms with van der Waals surface area (Å²) in [6.07, 6.45) is 5.34. The van der Waals surface area contributed by atoms with E-state index in [2.05, 4.69) is 20.5 Å². The van der Waals surface area contributed by atoms with Crippen molar-refractivity contribution in [3.05, 3.63) is 54.4 Å². The molecule has 1 unspecified atom stereocenters. The lowest BCUT2D eigenvalue weighted by Crippen LogP contribution is -2.45. The van der Waals surface area contributed by atoms with Crippen molar-refractivity contribution >= 4 is 23.3 Å². The van der Waals surface area contributed by atoms with E-state index in [0.29, 0.717) is 19.5 Å². The summed E-state index contributed by atoms with van der Waals surface area (Å²) in [4.78, 5) is 30.0. The highest BCUT2D eigenvalue weighted by molar-refractivity contribution is 6.39. The largest absolute Gasteiger partial charge is 0.334 e. The van der Waals surface area contributed by atoms with Crippen LogP contribution in [-0.2, 0) is 16.0 Å². The molecule has 4 heterocycles. The number of carbonyl (C=O) groups excluding carboxylic acids is 2. The van der Waals surface area contributed by atoms with Gasteiger partial charge in [0.2, 0.25) is 0 Å². The Morgan fingerprint density at radius 2 is 2.11 bits per heavy atom. The van der Waals surface area contributed by atoms with Crippen molar-refractivity contribution in [2.24, 2.45) is 5.92 Å². The van der Waals surface area contributed by atoms with Gasteiger partial charge in [0, 0.05) is 25.7 Å². The highest BCUT2D eigenvalue weighted by atomic mass is 19.1. The van der Waals surface area contributed by atoms with Gasteiger partial charge in [0.25, 0.3) is 0 Å². The molecule has 144 valence electrons. The first-order valence-corrected chi connectivity index (χ1v) is 9.10. The Balaban J connectivity index is 1.39. The van der Waals surface area contributed by atoms with Gasteiger partial charge in [-0.1, -0.05) is 6.07 Å². The molecule has 1 saturated heterocycles. The molecule has 28 heavy (non-hydrogen) atoms. The van der Waals surface area contributed by atoms with Crippen molar-refractivity contribution in [1.29, 1.82) is 0 Å². The summed E-state index contributed by atoms with van der Waals surface area (Å²) in [6.45, 7) is 1.00. The van der Waals surface area contributed by atoms with E-state index in [1.165, 1.54) is 12.1 Å². The first-order valence-electron chi connectivity index (χ1n) is 9.10. The molecule has 4 rings (SSSR count). The number of rotatable bonds is 3. The van der Waals surface area contributed by atoms with Crippen molar-refractivity contribution in [3.63, 3.8) is 0 Å². The predicted molar refractivity (Wildman–Crippen MR) is 98.8 cm³/mol. The Labute approximate surface area is 160 Å². The van der Waals surface area contributed by atoms with Crippen LogP contribution >= 0.6 is 0 Å². The van der Waals surface area contributed by atoms with Crippen LogP contribution in [0.2, 0.25) is 0 Å². The molecule has 1 N–H and O–H groups in total. The molecule has 0 spiro atoms. The molecule has 0 radical (unpaired) electrons. The molecule has 0 aromatic carbocycles. The smallest absolute Gasteiger partial charge is 0.315 e. The standard InChI is InChI=1S/C19H19FN6O2/c20-14-6-7-15(21-11-14)22-18(27)19(28)25-8-3-4-13(12-25)10-17-24-23-16-5-1-2-9-26(16)17/h1-2,5-7,9,11,13H,3-4,8,10,12H2,(H,21,22,27). The van der Waals surface area contributed by atoms with Crippen molar-refractivity contribution in [2.45, 2.75) is 19.3 Å². The zero-order valence-electron chi connectivity index (χ0n) is 15.1. The third kappa shape index (κ3) is 3.83. The molecule has 3 aromatic heterocycles. The summed E-state index contributed by atoms with van der Waals surface area (Å²) in [5.41, 5.74) is 0.785. The van der Waals surface area contributed by atoms with Crippen molar-refractivity contribution < 1.29 is 14.0 Å². The third-order valence-corrected chi connectivity index (χ3v) is 4.83. The molecule has 1 fully saturated rings. The van der Waals surface area contributed by atoms with E-state index in [-0.39, 0.29) is 11.7 Å². The Morgan fingerprint density at radius 3 is 2.93 bits per heavy atom. The number of piperidine rings is 1. The first kappa shape index (κ1) is 18.0. The fourth-order valence-corrected chi connectivity index (χ4v) is 3.47. The first-order chi connectivity index (χ1) is 13.6. The Hall–Kier alpha value is -3.36. The number of anilines is 1. The highest BCUT2D eigenvalue weighted by Crippen LogP contribution is 2.21. The van der Waals surface area contributed by atoms with E-state index in [4.69, 9.17) is 0 Å². The summed E-state index contributed by atoms with van der Waals surface area (Å²) in [7, 11) is 0. The fraction of sp³-hybridized carbons (Fsp3) is 0.316. The van der Waals surface area contributed by atoms with Crippen LogP contribution < -0.4 is 5.32 Å². The summed E-state index contributed by atoms with van der Waals surface area (Å²) < 4.78 is 14.8. The Morgan fingerprint density at radius 1 is 1.21 bits per heavy atom. The number of likely N-dealkylation sites (tertiary alicyclic amines) is 1. The van der Waals surface area contributed by atoms with Crippen LogP contribution in [0.15, 0.2) is 42.7 Å². The second-order valence-corrected chi connectivity index (χ2v) is 6.82. The van der Waals surface area contributed by atoms with Crippen LogP contribution in [0.5, 0.6) is 0 Å². The van der Waals surface area contributed by atoms with E-state index in [1.807, 2.05) is 28.8 Å². The predicted octanol–water partition coefficient (Wildman–Crippen LogP) is 1.68. The number of amides is 2. The summed E-state index contributed by atoms with van der Waals surface area (Å²) in [5.74, 6) is -0.709. The van der Waals surface area contributed by atoms with Gasteiger partial charge in [-0.2, -0.15) is 0 Å².